The van der Waals surface area contributed by atoms with Crippen LogP contribution in [0.3, 0.4) is 0 Å². The van der Waals surface area contributed by atoms with Crippen molar-refractivity contribution in [2.75, 3.05) is 13.7 Å². The maximum Gasteiger partial charge on any atom is 0.122 e. The van der Waals surface area contributed by atoms with E-state index >= 15 is 0 Å². The summed E-state index contributed by atoms with van der Waals surface area (Å²) in [7, 11) is 1.64. The molecule has 0 aliphatic carbocycles. The van der Waals surface area contributed by atoms with Crippen LogP contribution < -0.4 is 15.2 Å². The van der Waals surface area contributed by atoms with Crippen LogP contribution in [0.25, 0.3) is 0 Å². The Morgan fingerprint density at radius 2 is 1.94 bits per heavy atom. The number of methoxy groups -OCH3 is 1. The minimum atomic E-state index is 0.440. The fourth-order valence-electron chi connectivity index (χ4n) is 1.67. The molecule has 0 saturated heterocycles. The Balaban J connectivity index is 1.84. The van der Waals surface area contributed by atoms with E-state index in [4.69, 9.17) is 15.2 Å². The molecule has 0 fully saturated rings. The topological polar surface area (TPSA) is 62.3 Å². The molecule has 0 spiro atoms. The summed E-state index contributed by atoms with van der Waals surface area (Å²) in [6.07, 6.45) is 3.65. The van der Waals surface area contributed by atoms with Crippen LogP contribution in [0.4, 0.5) is 0 Å². The first-order valence-corrected chi connectivity index (χ1v) is 5.80. The molecule has 96 valence electrons. The average Bonchev–Trinajstić information content (AvgIpc) is 2.87. The molecule has 1 heterocycles. The molecule has 5 heteroatoms. The summed E-state index contributed by atoms with van der Waals surface area (Å²) in [6, 6.07) is 7.52. The smallest absolute Gasteiger partial charge is 0.122 e. The van der Waals surface area contributed by atoms with Gasteiger partial charge in [0.25, 0.3) is 0 Å². The third-order valence-electron chi connectivity index (χ3n) is 2.64. The third kappa shape index (κ3) is 3.01. The van der Waals surface area contributed by atoms with Crippen molar-refractivity contribution in [2.45, 2.75) is 13.1 Å². The molecule has 0 unspecified atom stereocenters. The summed E-state index contributed by atoms with van der Waals surface area (Å²) in [5.74, 6) is 2.51. The highest BCUT2D eigenvalue weighted by Gasteiger charge is 2.00. The first-order chi connectivity index (χ1) is 8.83. The largest absolute Gasteiger partial charge is 0.497 e. The molecule has 1 aromatic carbocycles. The standard InChI is InChI=1S/C13H17N3O2/c1-17-11-2-4-12(5-3-11)18-9-8-16-7-6-15-13(16)10-14/h2-7H,8-10,14H2,1H3. The number of ether oxygens (including phenoxy) is 2. The molecule has 0 aliphatic rings. The molecule has 2 N–H and O–H groups in total. The van der Waals surface area contributed by atoms with Gasteiger partial charge >= 0.3 is 0 Å². The third-order valence-corrected chi connectivity index (χ3v) is 2.64. The van der Waals surface area contributed by atoms with Crippen LogP contribution in [0.2, 0.25) is 0 Å². The second-order valence-corrected chi connectivity index (χ2v) is 3.76. The van der Waals surface area contributed by atoms with Crippen LogP contribution in [0.1, 0.15) is 5.82 Å². The zero-order valence-electron chi connectivity index (χ0n) is 10.4. The van der Waals surface area contributed by atoms with E-state index in [-0.39, 0.29) is 0 Å². The van der Waals surface area contributed by atoms with Crippen molar-refractivity contribution in [3.05, 3.63) is 42.5 Å². The summed E-state index contributed by atoms with van der Waals surface area (Å²) >= 11 is 0. The lowest BCUT2D eigenvalue weighted by Gasteiger charge is -2.09. The number of nitrogens with two attached hydrogens (primary N) is 1. The second kappa shape index (κ2) is 6.07. The van der Waals surface area contributed by atoms with Crippen molar-refractivity contribution < 1.29 is 9.47 Å². The van der Waals surface area contributed by atoms with Crippen molar-refractivity contribution in [2.24, 2.45) is 5.73 Å². The van der Waals surface area contributed by atoms with Crippen molar-refractivity contribution in [3.63, 3.8) is 0 Å². The van der Waals surface area contributed by atoms with E-state index in [0.29, 0.717) is 13.2 Å². The Labute approximate surface area is 106 Å². The number of hydrogen-bond donors (Lipinski definition) is 1. The highest BCUT2D eigenvalue weighted by atomic mass is 16.5. The zero-order valence-corrected chi connectivity index (χ0v) is 10.4. The van der Waals surface area contributed by atoms with Gasteiger partial charge in [-0.05, 0) is 24.3 Å². The Morgan fingerprint density at radius 1 is 1.22 bits per heavy atom. The van der Waals surface area contributed by atoms with Gasteiger partial charge in [-0.15, -0.1) is 0 Å². The first kappa shape index (κ1) is 12.4. The molecule has 5 nitrogen and oxygen atoms in total. The van der Waals surface area contributed by atoms with Crippen LogP contribution in [-0.4, -0.2) is 23.3 Å². The number of rotatable bonds is 6. The van der Waals surface area contributed by atoms with E-state index in [0.717, 1.165) is 23.9 Å². The molecular formula is C13H17N3O2. The first-order valence-electron chi connectivity index (χ1n) is 5.80. The summed E-state index contributed by atoms with van der Waals surface area (Å²) in [6.45, 7) is 1.75. The number of hydrogen-bond acceptors (Lipinski definition) is 4. The lowest BCUT2D eigenvalue weighted by atomic mass is 10.3. The van der Waals surface area contributed by atoms with Gasteiger partial charge in [-0.25, -0.2) is 4.98 Å². The van der Waals surface area contributed by atoms with Crippen LogP contribution in [0.15, 0.2) is 36.7 Å². The van der Waals surface area contributed by atoms with E-state index in [1.54, 1.807) is 13.3 Å². The molecule has 2 rings (SSSR count). The van der Waals surface area contributed by atoms with Crippen LogP contribution in [0.5, 0.6) is 11.5 Å². The molecule has 0 aliphatic heterocycles. The average molecular weight is 247 g/mol. The van der Waals surface area contributed by atoms with Crippen molar-refractivity contribution in [1.29, 1.82) is 0 Å². The van der Waals surface area contributed by atoms with Gasteiger partial charge in [0.15, 0.2) is 0 Å². The Hall–Kier alpha value is -2.01. The fourth-order valence-corrected chi connectivity index (χ4v) is 1.67. The van der Waals surface area contributed by atoms with Gasteiger partial charge in [-0.3, -0.25) is 0 Å². The van der Waals surface area contributed by atoms with E-state index in [2.05, 4.69) is 4.98 Å². The molecule has 0 radical (unpaired) electrons. The van der Waals surface area contributed by atoms with Gasteiger partial charge in [-0.1, -0.05) is 0 Å². The second-order valence-electron chi connectivity index (χ2n) is 3.76. The SMILES string of the molecule is COc1ccc(OCCn2ccnc2CN)cc1. The van der Waals surface area contributed by atoms with Gasteiger partial charge in [0.05, 0.1) is 20.2 Å². The normalized spacial score (nSPS) is 10.3. The van der Waals surface area contributed by atoms with Gasteiger partial charge in [0.1, 0.15) is 23.9 Å². The predicted molar refractivity (Wildman–Crippen MR) is 68.6 cm³/mol. The predicted octanol–water partition coefficient (Wildman–Crippen LogP) is 1.43. The van der Waals surface area contributed by atoms with Gasteiger partial charge < -0.3 is 19.8 Å². The molecule has 18 heavy (non-hydrogen) atoms. The summed E-state index contributed by atoms with van der Waals surface area (Å²) in [5.41, 5.74) is 5.57. The highest BCUT2D eigenvalue weighted by Crippen LogP contribution is 2.16. The maximum atomic E-state index is 5.63. The van der Waals surface area contributed by atoms with Crippen LogP contribution >= 0.6 is 0 Å². The molecule has 0 saturated carbocycles. The lowest BCUT2D eigenvalue weighted by Crippen LogP contribution is -2.12. The fraction of sp³-hybridized carbons (Fsp3) is 0.308. The number of nitrogens with zero attached hydrogens (tertiary/aromatic N) is 2. The summed E-state index contributed by atoms with van der Waals surface area (Å²) in [5, 5.41) is 0. The monoisotopic (exact) mass is 247 g/mol. The molecule has 1 aromatic heterocycles. The molecule has 0 bridgehead atoms. The summed E-state index contributed by atoms with van der Waals surface area (Å²) in [4.78, 5) is 4.15. The molecular weight excluding hydrogens is 230 g/mol. The van der Waals surface area contributed by atoms with Gasteiger partial charge in [-0.2, -0.15) is 0 Å². The van der Waals surface area contributed by atoms with E-state index in [1.807, 2.05) is 35.0 Å². The van der Waals surface area contributed by atoms with Gasteiger partial charge in [0.2, 0.25) is 0 Å². The van der Waals surface area contributed by atoms with E-state index in [9.17, 15) is 0 Å². The van der Waals surface area contributed by atoms with E-state index < -0.39 is 0 Å². The number of benzene rings is 1. The quantitative estimate of drug-likeness (QED) is 0.838. The van der Waals surface area contributed by atoms with Crippen LogP contribution in [0, 0.1) is 0 Å². The molecule has 2 aromatic rings. The molecule has 0 atom stereocenters. The Morgan fingerprint density at radius 3 is 2.61 bits per heavy atom. The number of imidazole rings is 1. The number of aromatic nitrogens is 2. The van der Waals surface area contributed by atoms with Crippen molar-refractivity contribution in [3.8, 4) is 11.5 Å². The maximum absolute atomic E-state index is 5.63. The van der Waals surface area contributed by atoms with Crippen LogP contribution in [-0.2, 0) is 13.1 Å². The summed E-state index contributed by atoms with van der Waals surface area (Å²) < 4.78 is 12.7. The zero-order chi connectivity index (χ0) is 12.8. The minimum Gasteiger partial charge on any atom is -0.497 e. The Kier molecular flexibility index (Phi) is 4.20. The Bertz CT molecular complexity index is 479. The van der Waals surface area contributed by atoms with E-state index in [1.165, 1.54) is 0 Å². The van der Waals surface area contributed by atoms with Crippen molar-refractivity contribution >= 4 is 0 Å². The lowest BCUT2D eigenvalue weighted by molar-refractivity contribution is 0.295. The van der Waals surface area contributed by atoms with Gasteiger partial charge in [0, 0.05) is 12.4 Å². The highest BCUT2D eigenvalue weighted by molar-refractivity contribution is 5.31. The molecule has 0 amide bonds. The van der Waals surface area contributed by atoms with Crippen molar-refractivity contribution in [1.82, 2.24) is 9.55 Å². The minimum absolute atomic E-state index is 0.440.